The molecule has 1 aliphatic rings. The van der Waals surface area contributed by atoms with E-state index in [-0.39, 0.29) is 0 Å². The van der Waals surface area contributed by atoms with Crippen molar-refractivity contribution in [2.45, 2.75) is 5.41 Å². The van der Waals surface area contributed by atoms with Gasteiger partial charge in [-0.2, -0.15) is 9.97 Å². The van der Waals surface area contributed by atoms with Crippen LogP contribution in [-0.2, 0) is 5.41 Å². The third-order valence-corrected chi connectivity index (χ3v) is 13.0. The van der Waals surface area contributed by atoms with Crippen LogP contribution in [0.2, 0.25) is 0 Å². The number of fused-ring (bicyclic) bond motifs is 9. The number of hydrogen-bond acceptors (Lipinski definition) is 4. The number of rotatable bonds is 6. The van der Waals surface area contributed by atoms with Gasteiger partial charge >= 0.3 is 0 Å². The predicted octanol–water partition coefficient (Wildman–Crippen LogP) is 14.2. The summed E-state index contributed by atoms with van der Waals surface area (Å²) in [6.45, 7) is 0. The van der Waals surface area contributed by atoms with Crippen LogP contribution >= 0.6 is 0 Å². The fraction of sp³-hybridized carbons (Fsp3) is 0.0172. The highest BCUT2D eigenvalue weighted by molar-refractivity contribution is 6.10. The molecule has 0 amide bonds. The SMILES string of the molecule is c1ccc(-c2nc(-c3ccc4oc5ccccc5c4c3)nc(-n3c4ccccc4c4ccc(-c5ccc6c(c5)C(c5ccccc5)(c5ccccc5)c5ccccc5-6)cc43)n2)cc1. The fourth-order valence-corrected chi connectivity index (χ4v) is 10.2. The van der Waals surface area contributed by atoms with Crippen LogP contribution in [0.1, 0.15) is 22.3 Å². The Morgan fingerprint density at radius 1 is 0.349 bits per heavy atom. The first-order chi connectivity index (χ1) is 31.2. The van der Waals surface area contributed by atoms with E-state index in [0.717, 1.165) is 66.0 Å². The number of aromatic nitrogens is 4. The molecule has 0 radical (unpaired) electrons. The Bertz CT molecular complexity index is 3700. The van der Waals surface area contributed by atoms with Gasteiger partial charge in [0.15, 0.2) is 11.6 Å². The van der Waals surface area contributed by atoms with Crippen molar-refractivity contribution in [3.05, 3.63) is 241 Å². The van der Waals surface area contributed by atoms with E-state index < -0.39 is 5.41 Å². The van der Waals surface area contributed by atoms with Crippen molar-refractivity contribution < 1.29 is 4.42 Å². The van der Waals surface area contributed by atoms with Gasteiger partial charge in [0.05, 0.1) is 16.4 Å². The van der Waals surface area contributed by atoms with Gasteiger partial charge in [-0.25, -0.2) is 4.98 Å². The van der Waals surface area contributed by atoms with E-state index in [4.69, 9.17) is 19.4 Å². The monoisotopic (exact) mass is 804 g/mol. The summed E-state index contributed by atoms with van der Waals surface area (Å²) in [5, 5.41) is 4.33. The lowest BCUT2D eigenvalue weighted by molar-refractivity contribution is 0.669. The first kappa shape index (κ1) is 35.4. The molecule has 0 unspecified atom stereocenters. The van der Waals surface area contributed by atoms with Gasteiger partial charge in [0, 0.05) is 32.7 Å². The van der Waals surface area contributed by atoms with Gasteiger partial charge in [0.25, 0.3) is 0 Å². The molecular weight excluding hydrogens is 769 g/mol. The van der Waals surface area contributed by atoms with Gasteiger partial charge in [0.1, 0.15) is 11.2 Å². The summed E-state index contributed by atoms with van der Waals surface area (Å²) in [4.78, 5) is 15.7. The molecule has 0 atom stereocenters. The minimum Gasteiger partial charge on any atom is -0.456 e. The minimum atomic E-state index is -0.496. The Morgan fingerprint density at radius 2 is 0.921 bits per heavy atom. The molecule has 3 aromatic heterocycles. The van der Waals surface area contributed by atoms with E-state index in [1.807, 2.05) is 48.5 Å². The predicted molar refractivity (Wildman–Crippen MR) is 255 cm³/mol. The van der Waals surface area contributed by atoms with Crippen molar-refractivity contribution in [3.8, 4) is 51.0 Å². The molecule has 63 heavy (non-hydrogen) atoms. The van der Waals surface area contributed by atoms with Gasteiger partial charge in [0.2, 0.25) is 5.95 Å². The zero-order chi connectivity index (χ0) is 41.5. The average Bonchev–Trinajstić information content (AvgIpc) is 4.00. The van der Waals surface area contributed by atoms with Crippen molar-refractivity contribution in [1.82, 2.24) is 19.5 Å². The molecule has 0 saturated heterocycles. The third-order valence-electron chi connectivity index (χ3n) is 13.0. The van der Waals surface area contributed by atoms with Crippen molar-refractivity contribution >= 4 is 43.7 Å². The number of nitrogens with zero attached hydrogens (tertiary/aromatic N) is 4. The third kappa shape index (κ3) is 5.33. The van der Waals surface area contributed by atoms with Crippen LogP contribution in [0.5, 0.6) is 0 Å². The fourth-order valence-electron chi connectivity index (χ4n) is 10.2. The van der Waals surface area contributed by atoms with Gasteiger partial charge in [-0.05, 0) is 87.0 Å². The summed E-state index contributed by atoms with van der Waals surface area (Å²) in [6, 6.07) is 77.7. The molecule has 294 valence electrons. The summed E-state index contributed by atoms with van der Waals surface area (Å²) in [5.74, 6) is 1.74. The Morgan fingerprint density at radius 3 is 1.71 bits per heavy atom. The van der Waals surface area contributed by atoms with Crippen LogP contribution in [0.15, 0.2) is 223 Å². The maximum absolute atomic E-state index is 6.20. The van der Waals surface area contributed by atoms with Gasteiger partial charge in [-0.1, -0.05) is 176 Å². The van der Waals surface area contributed by atoms with E-state index in [2.05, 4.69) is 174 Å². The highest BCUT2D eigenvalue weighted by Gasteiger charge is 2.46. The van der Waals surface area contributed by atoms with E-state index in [1.54, 1.807) is 0 Å². The number of hydrogen-bond donors (Lipinski definition) is 0. The number of para-hydroxylation sites is 2. The molecule has 0 fully saturated rings. The van der Waals surface area contributed by atoms with Crippen LogP contribution in [0, 0.1) is 0 Å². The normalized spacial score (nSPS) is 12.9. The Balaban J connectivity index is 1.03. The van der Waals surface area contributed by atoms with E-state index >= 15 is 0 Å². The maximum atomic E-state index is 6.20. The molecular formula is C58H36N4O. The summed E-state index contributed by atoms with van der Waals surface area (Å²) < 4.78 is 8.41. The Hall–Kier alpha value is -8.41. The second kappa shape index (κ2) is 13.8. The standard InChI is InChI=1S/C58H36N4O/c1-4-16-37(17-5-1)55-59-56(40-30-33-54-48(34-40)47-24-12-15-27-53(47)63-54)61-57(60-55)62-51-26-14-11-23-45(51)46-32-29-39(36-52(46)62)38-28-31-44-43-22-10-13-25-49(43)58(50(44)35-38,41-18-6-2-7-19-41)42-20-8-3-9-21-42/h1-36H. The van der Waals surface area contributed by atoms with E-state index in [0.29, 0.717) is 17.6 Å². The van der Waals surface area contributed by atoms with Gasteiger partial charge in [-0.3, -0.25) is 4.57 Å². The number of furan rings is 1. The molecule has 5 nitrogen and oxygen atoms in total. The van der Waals surface area contributed by atoms with Crippen molar-refractivity contribution in [1.29, 1.82) is 0 Å². The maximum Gasteiger partial charge on any atom is 0.238 e. The Labute approximate surface area is 363 Å². The molecule has 0 spiro atoms. The molecule has 0 aliphatic heterocycles. The second-order valence-electron chi connectivity index (χ2n) is 16.3. The summed E-state index contributed by atoms with van der Waals surface area (Å²) in [7, 11) is 0. The zero-order valence-electron chi connectivity index (χ0n) is 34.0. The molecule has 9 aromatic carbocycles. The minimum absolute atomic E-state index is 0.496. The summed E-state index contributed by atoms with van der Waals surface area (Å²) in [5.41, 5.74) is 14.8. The topological polar surface area (TPSA) is 56.7 Å². The smallest absolute Gasteiger partial charge is 0.238 e. The van der Waals surface area contributed by atoms with E-state index in [9.17, 15) is 0 Å². The molecule has 0 saturated carbocycles. The Kier molecular flexibility index (Phi) is 7.75. The molecule has 1 aliphatic carbocycles. The van der Waals surface area contributed by atoms with Crippen LogP contribution in [-0.4, -0.2) is 19.5 Å². The summed E-state index contributed by atoms with van der Waals surface area (Å²) in [6.07, 6.45) is 0. The second-order valence-corrected chi connectivity index (χ2v) is 16.3. The highest BCUT2D eigenvalue weighted by Crippen LogP contribution is 2.56. The van der Waals surface area contributed by atoms with Crippen LogP contribution in [0.4, 0.5) is 0 Å². The molecule has 0 bridgehead atoms. The summed E-state index contributed by atoms with van der Waals surface area (Å²) >= 11 is 0. The molecule has 0 N–H and O–H groups in total. The zero-order valence-corrected chi connectivity index (χ0v) is 34.0. The van der Waals surface area contributed by atoms with Gasteiger partial charge < -0.3 is 4.42 Å². The van der Waals surface area contributed by atoms with Crippen molar-refractivity contribution in [2.24, 2.45) is 0 Å². The lowest BCUT2D eigenvalue weighted by Gasteiger charge is -2.34. The van der Waals surface area contributed by atoms with Crippen LogP contribution in [0.25, 0.3) is 94.7 Å². The lowest BCUT2D eigenvalue weighted by atomic mass is 9.67. The largest absolute Gasteiger partial charge is 0.456 e. The average molecular weight is 805 g/mol. The van der Waals surface area contributed by atoms with Crippen LogP contribution in [0.3, 0.4) is 0 Å². The van der Waals surface area contributed by atoms with Gasteiger partial charge in [-0.15, -0.1) is 0 Å². The lowest BCUT2D eigenvalue weighted by Crippen LogP contribution is -2.28. The quantitative estimate of drug-likeness (QED) is 0.168. The first-order valence-corrected chi connectivity index (χ1v) is 21.3. The molecule has 12 aromatic rings. The highest BCUT2D eigenvalue weighted by atomic mass is 16.3. The van der Waals surface area contributed by atoms with E-state index in [1.165, 1.54) is 33.4 Å². The van der Waals surface area contributed by atoms with Crippen LogP contribution < -0.4 is 0 Å². The molecule has 5 heteroatoms. The molecule has 13 rings (SSSR count). The van der Waals surface area contributed by atoms with Crippen molar-refractivity contribution in [2.75, 3.05) is 0 Å². The number of benzene rings is 9. The first-order valence-electron chi connectivity index (χ1n) is 21.3. The molecule has 3 heterocycles. The van der Waals surface area contributed by atoms with Crippen molar-refractivity contribution in [3.63, 3.8) is 0 Å².